The Kier molecular flexibility index (Phi) is 5.01. The number of aryl methyl sites for hydroxylation is 1. The minimum Gasteiger partial charge on any atom is -0.448 e. The quantitative estimate of drug-likeness (QED) is 0.817. The second-order valence-electron chi connectivity index (χ2n) is 7.09. The van der Waals surface area contributed by atoms with Gasteiger partial charge in [0.05, 0.1) is 6.54 Å². The van der Waals surface area contributed by atoms with Crippen LogP contribution in [-0.4, -0.2) is 58.1 Å². The highest BCUT2D eigenvalue weighted by Crippen LogP contribution is 2.35. The van der Waals surface area contributed by atoms with E-state index >= 15 is 0 Å². The summed E-state index contributed by atoms with van der Waals surface area (Å²) in [6.07, 6.45) is 5.09. The van der Waals surface area contributed by atoms with E-state index in [-0.39, 0.29) is 18.0 Å². The fraction of sp³-hybridized carbons (Fsp3) is 0.722. The highest BCUT2D eigenvalue weighted by molar-refractivity contribution is 5.93. The topological polar surface area (TPSA) is 75.9 Å². The third kappa shape index (κ3) is 3.37. The average Bonchev–Trinajstić information content (AvgIpc) is 3.20. The minimum absolute atomic E-state index is 0.0963. The van der Waals surface area contributed by atoms with Gasteiger partial charge in [-0.15, -0.1) is 0 Å². The van der Waals surface area contributed by atoms with Crippen molar-refractivity contribution >= 4 is 12.0 Å². The number of carbonyl (C=O) groups is 2. The predicted octanol–water partition coefficient (Wildman–Crippen LogP) is 2.85. The summed E-state index contributed by atoms with van der Waals surface area (Å²) in [4.78, 5) is 32.6. The van der Waals surface area contributed by atoms with E-state index in [1.54, 1.807) is 4.90 Å². The molecule has 7 heteroatoms. The summed E-state index contributed by atoms with van der Waals surface area (Å²) in [5.74, 6) is 0.526. The van der Waals surface area contributed by atoms with Crippen LogP contribution in [0, 0.1) is 0 Å². The molecule has 1 atom stereocenters. The zero-order chi connectivity index (χ0) is 18.0. The lowest BCUT2D eigenvalue weighted by molar-refractivity contribution is 0.00286. The molecule has 1 aromatic heterocycles. The molecule has 0 unspecified atom stereocenters. The Hall–Kier alpha value is -2.05. The van der Waals surface area contributed by atoms with Crippen LogP contribution in [0.1, 0.15) is 62.7 Å². The molecular weight excluding hydrogens is 322 g/mol. The van der Waals surface area contributed by atoms with Crippen LogP contribution in [0.2, 0.25) is 0 Å². The molecule has 3 rings (SSSR count). The van der Waals surface area contributed by atoms with Crippen molar-refractivity contribution in [2.75, 3.05) is 19.6 Å². The molecule has 2 amide bonds. The maximum atomic E-state index is 12.7. The average molecular weight is 349 g/mol. The molecule has 0 aromatic carbocycles. The van der Waals surface area contributed by atoms with Gasteiger partial charge >= 0.3 is 6.09 Å². The molecule has 1 aromatic rings. The van der Waals surface area contributed by atoms with Gasteiger partial charge in [0.2, 0.25) is 0 Å². The summed E-state index contributed by atoms with van der Waals surface area (Å²) < 4.78 is 11.0. The van der Waals surface area contributed by atoms with Crippen LogP contribution in [0.3, 0.4) is 0 Å². The largest absolute Gasteiger partial charge is 0.448 e. The first-order chi connectivity index (χ1) is 12.0. The predicted molar refractivity (Wildman–Crippen MR) is 91.3 cm³/mol. The first kappa shape index (κ1) is 17.8. The Morgan fingerprint density at radius 1 is 1.36 bits per heavy atom. The van der Waals surface area contributed by atoms with E-state index in [9.17, 15) is 9.59 Å². The van der Waals surface area contributed by atoms with Gasteiger partial charge in [-0.2, -0.15) is 0 Å². The summed E-state index contributed by atoms with van der Waals surface area (Å²) in [6.45, 7) is 7.88. The molecule has 0 N–H and O–H groups in total. The second-order valence-corrected chi connectivity index (χ2v) is 7.09. The monoisotopic (exact) mass is 349 g/mol. The van der Waals surface area contributed by atoms with Gasteiger partial charge in [-0.3, -0.25) is 4.79 Å². The molecule has 0 saturated carbocycles. The van der Waals surface area contributed by atoms with E-state index in [1.807, 2.05) is 11.8 Å². The zero-order valence-electron chi connectivity index (χ0n) is 15.3. The van der Waals surface area contributed by atoms with Gasteiger partial charge in [0.1, 0.15) is 11.4 Å². The van der Waals surface area contributed by atoms with Crippen LogP contribution in [0.15, 0.2) is 10.8 Å². The van der Waals surface area contributed by atoms with Gasteiger partial charge < -0.3 is 19.0 Å². The molecule has 7 nitrogen and oxygen atoms in total. The van der Waals surface area contributed by atoms with Crippen molar-refractivity contribution in [3.63, 3.8) is 0 Å². The van der Waals surface area contributed by atoms with E-state index < -0.39 is 5.60 Å². The number of rotatable bonds is 5. The number of piperidine rings is 1. The van der Waals surface area contributed by atoms with Gasteiger partial charge in [-0.05, 0) is 13.3 Å². The molecule has 2 aliphatic heterocycles. The Balaban J connectivity index is 1.62. The maximum Gasteiger partial charge on any atom is 0.410 e. The lowest BCUT2D eigenvalue weighted by Gasteiger charge is -2.37. The number of ether oxygens (including phenoxy) is 1. The van der Waals surface area contributed by atoms with Crippen molar-refractivity contribution in [2.24, 2.45) is 0 Å². The van der Waals surface area contributed by atoms with Crippen molar-refractivity contribution in [3.8, 4) is 0 Å². The van der Waals surface area contributed by atoms with Crippen molar-refractivity contribution in [1.82, 2.24) is 14.8 Å². The zero-order valence-corrected chi connectivity index (χ0v) is 15.3. The Labute approximate surface area is 148 Å². The summed E-state index contributed by atoms with van der Waals surface area (Å²) in [5, 5.41) is 0. The molecular formula is C18H27N3O4. The SMILES string of the molecule is CCC[C@@H](C)N1CC2(CCN(C(=O)c3ncoc3CC)CC2)OC1=O. The second kappa shape index (κ2) is 7.06. The number of aromatic nitrogens is 1. The van der Waals surface area contributed by atoms with Crippen LogP contribution >= 0.6 is 0 Å². The van der Waals surface area contributed by atoms with E-state index in [1.165, 1.54) is 6.39 Å². The Morgan fingerprint density at radius 3 is 2.72 bits per heavy atom. The highest BCUT2D eigenvalue weighted by atomic mass is 16.6. The van der Waals surface area contributed by atoms with Crippen LogP contribution in [0.5, 0.6) is 0 Å². The third-order valence-electron chi connectivity index (χ3n) is 5.36. The van der Waals surface area contributed by atoms with Gasteiger partial charge in [0.25, 0.3) is 5.91 Å². The molecule has 25 heavy (non-hydrogen) atoms. The molecule has 0 aliphatic carbocycles. The summed E-state index contributed by atoms with van der Waals surface area (Å²) in [6, 6.07) is 0.193. The number of nitrogens with zero attached hydrogens (tertiary/aromatic N) is 3. The van der Waals surface area contributed by atoms with Crippen molar-refractivity contribution in [1.29, 1.82) is 0 Å². The number of oxazole rings is 1. The first-order valence-electron chi connectivity index (χ1n) is 9.21. The summed E-state index contributed by atoms with van der Waals surface area (Å²) >= 11 is 0. The van der Waals surface area contributed by atoms with Gasteiger partial charge in [0, 0.05) is 38.4 Å². The lowest BCUT2D eigenvalue weighted by atomic mass is 9.90. The summed E-state index contributed by atoms with van der Waals surface area (Å²) in [7, 11) is 0. The van der Waals surface area contributed by atoms with E-state index in [0.29, 0.717) is 50.4 Å². The van der Waals surface area contributed by atoms with Crippen molar-refractivity contribution < 1.29 is 18.7 Å². The molecule has 2 fully saturated rings. The van der Waals surface area contributed by atoms with Crippen LogP contribution < -0.4 is 0 Å². The van der Waals surface area contributed by atoms with Crippen LogP contribution in [0.25, 0.3) is 0 Å². The smallest absolute Gasteiger partial charge is 0.410 e. The Morgan fingerprint density at radius 2 is 2.08 bits per heavy atom. The van der Waals surface area contributed by atoms with Gasteiger partial charge in [-0.25, -0.2) is 9.78 Å². The van der Waals surface area contributed by atoms with Gasteiger partial charge in [-0.1, -0.05) is 20.3 Å². The summed E-state index contributed by atoms with van der Waals surface area (Å²) in [5.41, 5.74) is -0.0483. The lowest BCUT2D eigenvalue weighted by Crippen LogP contribution is -2.49. The van der Waals surface area contributed by atoms with Crippen molar-refractivity contribution in [2.45, 2.75) is 64.5 Å². The fourth-order valence-corrected chi connectivity index (χ4v) is 3.78. The van der Waals surface area contributed by atoms with E-state index in [2.05, 4.69) is 18.8 Å². The number of hydrogen-bond donors (Lipinski definition) is 0. The molecule has 1 spiro atoms. The minimum atomic E-state index is -0.451. The standard InChI is InChI=1S/C18H27N3O4/c1-4-6-13(3)21-11-18(25-17(21)23)7-9-20(10-8-18)16(22)15-14(5-2)24-12-19-15/h12-13H,4-11H2,1-3H3/t13-/m1/s1. The third-order valence-corrected chi connectivity index (χ3v) is 5.36. The number of amides is 2. The number of hydrogen-bond acceptors (Lipinski definition) is 5. The molecule has 0 radical (unpaired) electrons. The Bertz CT molecular complexity index is 634. The normalized spacial score (nSPS) is 20.8. The number of carbonyl (C=O) groups excluding carboxylic acids is 2. The van der Waals surface area contributed by atoms with E-state index in [4.69, 9.17) is 9.15 Å². The molecule has 138 valence electrons. The van der Waals surface area contributed by atoms with Crippen LogP contribution in [0.4, 0.5) is 4.79 Å². The molecule has 2 aliphatic rings. The maximum absolute atomic E-state index is 12.7. The fourth-order valence-electron chi connectivity index (χ4n) is 3.78. The van der Waals surface area contributed by atoms with E-state index in [0.717, 1.165) is 12.8 Å². The molecule has 3 heterocycles. The molecule has 2 saturated heterocycles. The number of likely N-dealkylation sites (tertiary alicyclic amines) is 1. The highest BCUT2D eigenvalue weighted by Gasteiger charge is 2.48. The molecule has 0 bridgehead atoms. The van der Waals surface area contributed by atoms with Gasteiger partial charge in [0.15, 0.2) is 12.1 Å². The van der Waals surface area contributed by atoms with Crippen LogP contribution in [-0.2, 0) is 11.2 Å². The van der Waals surface area contributed by atoms with Crippen molar-refractivity contribution in [3.05, 3.63) is 17.8 Å². The first-order valence-corrected chi connectivity index (χ1v) is 9.21.